The third-order valence-corrected chi connectivity index (χ3v) is 2.72. The summed E-state index contributed by atoms with van der Waals surface area (Å²) in [6.07, 6.45) is 2.35. The highest BCUT2D eigenvalue weighted by Crippen LogP contribution is 2.23. The largest absolute Gasteiger partial charge is 0.321 e. The van der Waals surface area contributed by atoms with Crippen molar-refractivity contribution in [2.75, 3.05) is 5.32 Å². The summed E-state index contributed by atoms with van der Waals surface area (Å²) >= 11 is 5.95. The van der Waals surface area contributed by atoms with E-state index in [-0.39, 0.29) is 5.56 Å². The molecule has 1 amide bonds. The summed E-state index contributed by atoms with van der Waals surface area (Å²) in [7, 11) is 0. The second kappa shape index (κ2) is 5.14. The first-order valence-corrected chi connectivity index (χ1v) is 5.63. The average molecular weight is 265 g/mol. The highest BCUT2D eigenvalue weighted by molar-refractivity contribution is 6.33. The van der Waals surface area contributed by atoms with Gasteiger partial charge < -0.3 is 5.32 Å². The standard InChI is InChI=1S/C13H10ClFN2O/c1-8-2-3-10(14)12(6-8)17-13(18)9-4-5-16-7-11(9)15/h2-7H,1H3,(H,17,18). The van der Waals surface area contributed by atoms with E-state index in [0.717, 1.165) is 11.8 Å². The van der Waals surface area contributed by atoms with E-state index in [2.05, 4.69) is 10.3 Å². The molecule has 0 saturated heterocycles. The molecule has 1 aromatic heterocycles. The Morgan fingerprint density at radius 1 is 1.39 bits per heavy atom. The van der Waals surface area contributed by atoms with Crippen LogP contribution in [0.2, 0.25) is 5.02 Å². The van der Waals surface area contributed by atoms with Crippen molar-refractivity contribution < 1.29 is 9.18 Å². The van der Waals surface area contributed by atoms with Gasteiger partial charge in [-0.05, 0) is 30.7 Å². The summed E-state index contributed by atoms with van der Waals surface area (Å²) in [5.41, 5.74) is 1.34. The fraction of sp³-hybridized carbons (Fsp3) is 0.0769. The summed E-state index contributed by atoms with van der Waals surface area (Å²) in [4.78, 5) is 15.4. The number of anilines is 1. The van der Waals surface area contributed by atoms with Crippen molar-refractivity contribution in [1.82, 2.24) is 4.98 Å². The van der Waals surface area contributed by atoms with E-state index < -0.39 is 11.7 Å². The van der Waals surface area contributed by atoms with Gasteiger partial charge >= 0.3 is 0 Å². The Labute approximate surface area is 109 Å². The molecule has 0 fully saturated rings. The first-order chi connectivity index (χ1) is 8.58. The van der Waals surface area contributed by atoms with Crippen molar-refractivity contribution in [1.29, 1.82) is 0 Å². The Morgan fingerprint density at radius 2 is 2.17 bits per heavy atom. The van der Waals surface area contributed by atoms with E-state index in [0.29, 0.717) is 10.7 Å². The van der Waals surface area contributed by atoms with Crippen LogP contribution in [0.5, 0.6) is 0 Å². The van der Waals surface area contributed by atoms with Crippen LogP contribution in [0.15, 0.2) is 36.7 Å². The average Bonchev–Trinajstić information content (AvgIpc) is 2.34. The minimum absolute atomic E-state index is 0.0671. The molecule has 0 aliphatic rings. The Morgan fingerprint density at radius 3 is 2.89 bits per heavy atom. The van der Waals surface area contributed by atoms with E-state index in [4.69, 9.17) is 11.6 Å². The third kappa shape index (κ3) is 2.65. The number of nitrogens with one attached hydrogen (secondary N) is 1. The molecule has 3 nitrogen and oxygen atoms in total. The van der Waals surface area contributed by atoms with Crippen LogP contribution in [-0.2, 0) is 0 Å². The second-order valence-electron chi connectivity index (χ2n) is 3.79. The van der Waals surface area contributed by atoms with Gasteiger partial charge in [-0.15, -0.1) is 0 Å². The topological polar surface area (TPSA) is 42.0 Å². The van der Waals surface area contributed by atoms with Crippen molar-refractivity contribution in [3.63, 3.8) is 0 Å². The Kier molecular flexibility index (Phi) is 3.58. The lowest BCUT2D eigenvalue weighted by atomic mass is 10.2. The molecule has 0 spiro atoms. The number of amides is 1. The second-order valence-corrected chi connectivity index (χ2v) is 4.20. The van der Waals surface area contributed by atoms with E-state index in [1.54, 1.807) is 12.1 Å². The fourth-order valence-corrected chi connectivity index (χ4v) is 1.65. The molecule has 92 valence electrons. The Balaban J connectivity index is 2.27. The fourth-order valence-electron chi connectivity index (χ4n) is 1.48. The van der Waals surface area contributed by atoms with Gasteiger partial charge in [-0.3, -0.25) is 9.78 Å². The van der Waals surface area contributed by atoms with Gasteiger partial charge in [-0.1, -0.05) is 17.7 Å². The van der Waals surface area contributed by atoms with Gasteiger partial charge in [0, 0.05) is 6.20 Å². The molecule has 1 N–H and O–H groups in total. The Bertz CT molecular complexity index is 601. The zero-order valence-electron chi connectivity index (χ0n) is 9.58. The number of halogens is 2. The summed E-state index contributed by atoms with van der Waals surface area (Å²) in [6.45, 7) is 1.87. The van der Waals surface area contributed by atoms with E-state index in [9.17, 15) is 9.18 Å². The molecule has 18 heavy (non-hydrogen) atoms. The van der Waals surface area contributed by atoms with Crippen molar-refractivity contribution in [3.8, 4) is 0 Å². The minimum atomic E-state index is -0.668. The zero-order chi connectivity index (χ0) is 13.1. The number of carbonyl (C=O) groups is 1. The van der Waals surface area contributed by atoms with Gasteiger partial charge in [0.15, 0.2) is 5.82 Å². The molecule has 2 rings (SSSR count). The molecule has 0 atom stereocenters. The maximum atomic E-state index is 13.4. The SMILES string of the molecule is Cc1ccc(Cl)c(NC(=O)c2ccncc2F)c1. The van der Waals surface area contributed by atoms with Crippen LogP contribution in [0.25, 0.3) is 0 Å². The maximum absolute atomic E-state index is 13.4. The van der Waals surface area contributed by atoms with Crippen LogP contribution in [0.4, 0.5) is 10.1 Å². The number of rotatable bonds is 2. The van der Waals surface area contributed by atoms with Crippen LogP contribution >= 0.6 is 11.6 Å². The van der Waals surface area contributed by atoms with Crippen LogP contribution < -0.4 is 5.32 Å². The predicted molar refractivity (Wildman–Crippen MR) is 68.3 cm³/mol. The lowest BCUT2D eigenvalue weighted by Gasteiger charge is -2.08. The monoisotopic (exact) mass is 264 g/mol. The summed E-state index contributed by atoms with van der Waals surface area (Å²) in [5, 5.41) is 2.98. The van der Waals surface area contributed by atoms with E-state index >= 15 is 0 Å². The normalized spacial score (nSPS) is 10.2. The van der Waals surface area contributed by atoms with Crippen molar-refractivity contribution in [2.24, 2.45) is 0 Å². The maximum Gasteiger partial charge on any atom is 0.258 e. The number of pyridine rings is 1. The van der Waals surface area contributed by atoms with Crippen LogP contribution in [0.3, 0.4) is 0 Å². The molecule has 0 bridgehead atoms. The van der Waals surface area contributed by atoms with Crippen molar-refractivity contribution in [3.05, 3.63) is 58.6 Å². The van der Waals surface area contributed by atoms with Gasteiger partial charge in [-0.2, -0.15) is 0 Å². The molecule has 2 aromatic rings. The quantitative estimate of drug-likeness (QED) is 0.903. The van der Waals surface area contributed by atoms with Gasteiger partial charge in [0.2, 0.25) is 0 Å². The molecule has 0 aliphatic heterocycles. The van der Waals surface area contributed by atoms with Crippen molar-refractivity contribution in [2.45, 2.75) is 6.92 Å². The first kappa shape index (κ1) is 12.5. The number of carbonyl (C=O) groups excluding carboxylic acids is 1. The molecule has 0 aliphatic carbocycles. The lowest BCUT2D eigenvalue weighted by molar-refractivity contribution is 0.102. The van der Waals surface area contributed by atoms with E-state index in [1.807, 2.05) is 13.0 Å². The molecular formula is C13H10ClFN2O. The molecule has 1 heterocycles. The van der Waals surface area contributed by atoms with Crippen LogP contribution in [-0.4, -0.2) is 10.9 Å². The van der Waals surface area contributed by atoms with Crippen LogP contribution in [0, 0.1) is 12.7 Å². The molecule has 0 radical (unpaired) electrons. The zero-order valence-corrected chi connectivity index (χ0v) is 10.3. The lowest BCUT2D eigenvalue weighted by Crippen LogP contribution is -2.14. The molecule has 0 saturated carbocycles. The third-order valence-electron chi connectivity index (χ3n) is 2.39. The minimum Gasteiger partial charge on any atom is -0.321 e. The highest BCUT2D eigenvalue weighted by atomic mass is 35.5. The van der Waals surface area contributed by atoms with Gasteiger partial charge in [0.1, 0.15) is 0 Å². The number of hydrogen-bond donors (Lipinski definition) is 1. The molecule has 1 aromatic carbocycles. The van der Waals surface area contributed by atoms with Gasteiger partial charge in [-0.25, -0.2) is 4.39 Å². The molecule has 0 unspecified atom stereocenters. The number of nitrogens with zero attached hydrogens (tertiary/aromatic N) is 1. The molecular weight excluding hydrogens is 255 g/mol. The highest BCUT2D eigenvalue weighted by Gasteiger charge is 2.12. The van der Waals surface area contributed by atoms with E-state index in [1.165, 1.54) is 12.3 Å². The summed E-state index contributed by atoms with van der Waals surface area (Å²) in [6, 6.07) is 6.54. The van der Waals surface area contributed by atoms with Crippen molar-refractivity contribution >= 4 is 23.2 Å². The smallest absolute Gasteiger partial charge is 0.258 e. The van der Waals surface area contributed by atoms with Crippen LogP contribution in [0.1, 0.15) is 15.9 Å². The first-order valence-electron chi connectivity index (χ1n) is 5.25. The summed E-state index contributed by atoms with van der Waals surface area (Å²) in [5.74, 6) is -1.22. The molecule has 5 heteroatoms. The van der Waals surface area contributed by atoms with Gasteiger partial charge in [0.25, 0.3) is 5.91 Å². The van der Waals surface area contributed by atoms with Gasteiger partial charge in [0.05, 0.1) is 22.5 Å². The number of hydrogen-bond acceptors (Lipinski definition) is 2. The Hall–Kier alpha value is -1.94. The number of benzene rings is 1. The predicted octanol–water partition coefficient (Wildman–Crippen LogP) is 3.43. The number of aryl methyl sites for hydroxylation is 1. The number of aromatic nitrogens is 1. The summed E-state index contributed by atoms with van der Waals surface area (Å²) < 4.78 is 13.4.